The van der Waals surface area contributed by atoms with Gasteiger partial charge in [0.1, 0.15) is 17.2 Å². The van der Waals surface area contributed by atoms with E-state index >= 15 is 0 Å². The molecule has 0 radical (unpaired) electrons. The Labute approximate surface area is 207 Å². The fourth-order valence-electron chi connectivity index (χ4n) is 5.15. The molecule has 2 heterocycles. The lowest BCUT2D eigenvalue weighted by molar-refractivity contribution is -0.138. The molecular formula is C28H36N2O5. The van der Waals surface area contributed by atoms with Gasteiger partial charge >= 0.3 is 0 Å². The Morgan fingerprint density at radius 1 is 1.03 bits per heavy atom. The van der Waals surface area contributed by atoms with Gasteiger partial charge in [-0.2, -0.15) is 0 Å². The zero-order valence-corrected chi connectivity index (χ0v) is 20.8. The van der Waals surface area contributed by atoms with Crippen LogP contribution >= 0.6 is 0 Å². The van der Waals surface area contributed by atoms with Gasteiger partial charge in [0.2, 0.25) is 0 Å². The van der Waals surface area contributed by atoms with Crippen molar-refractivity contribution in [3.8, 4) is 17.2 Å². The maximum absolute atomic E-state index is 12.8. The number of piperidine rings is 1. The second-order valence-electron chi connectivity index (χ2n) is 9.70. The molecule has 4 rings (SSSR count). The largest absolute Gasteiger partial charge is 0.497 e. The van der Waals surface area contributed by atoms with Crippen molar-refractivity contribution in [2.45, 2.75) is 38.5 Å². The van der Waals surface area contributed by atoms with E-state index in [0.29, 0.717) is 31.1 Å². The number of ether oxygens (including phenoxy) is 3. The van der Waals surface area contributed by atoms with Gasteiger partial charge in [0.25, 0.3) is 11.8 Å². The molecule has 0 N–H and O–H groups in total. The third-order valence-electron chi connectivity index (χ3n) is 7.31. The summed E-state index contributed by atoms with van der Waals surface area (Å²) >= 11 is 0. The normalized spacial score (nSPS) is 18.6. The molecular weight excluding hydrogens is 444 g/mol. The number of aryl methyl sites for hydroxylation is 1. The highest BCUT2D eigenvalue weighted by molar-refractivity contribution is 5.78. The van der Waals surface area contributed by atoms with Crippen LogP contribution in [0.25, 0.3) is 0 Å². The maximum Gasteiger partial charge on any atom is 0.260 e. The molecule has 0 aliphatic carbocycles. The van der Waals surface area contributed by atoms with Crippen LogP contribution in [0, 0.1) is 5.41 Å². The van der Waals surface area contributed by atoms with Gasteiger partial charge in [-0.3, -0.25) is 9.59 Å². The number of likely N-dealkylation sites (tertiary alicyclic amines) is 1. The van der Waals surface area contributed by atoms with Crippen molar-refractivity contribution in [3.05, 3.63) is 54.1 Å². The van der Waals surface area contributed by atoms with Gasteiger partial charge in [-0.1, -0.05) is 30.7 Å². The zero-order chi connectivity index (χ0) is 24.7. The van der Waals surface area contributed by atoms with E-state index in [2.05, 4.69) is 6.07 Å². The smallest absolute Gasteiger partial charge is 0.260 e. The van der Waals surface area contributed by atoms with E-state index in [1.807, 2.05) is 53.2 Å². The van der Waals surface area contributed by atoms with Crippen molar-refractivity contribution in [2.75, 3.05) is 47.0 Å². The monoisotopic (exact) mass is 480 g/mol. The lowest BCUT2D eigenvalue weighted by atomic mass is 9.73. The topological polar surface area (TPSA) is 68.3 Å². The molecule has 0 unspecified atom stereocenters. The van der Waals surface area contributed by atoms with E-state index < -0.39 is 0 Å². The minimum absolute atomic E-state index is 0.00902. The first-order valence-corrected chi connectivity index (χ1v) is 12.5. The molecule has 2 amide bonds. The molecule has 7 heteroatoms. The number of amides is 2. The molecule has 2 aromatic carbocycles. The Morgan fingerprint density at radius 2 is 1.80 bits per heavy atom. The van der Waals surface area contributed by atoms with E-state index in [1.165, 1.54) is 0 Å². The Balaban J connectivity index is 1.35. The molecule has 2 aliphatic heterocycles. The van der Waals surface area contributed by atoms with Crippen molar-refractivity contribution in [3.63, 3.8) is 0 Å². The van der Waals surface area contributed by atoms with Gasteiger partial charge in [0, 0.05) is 32.7 Å². The third kappa shape index (κ3) is 6.47. The van der Waals surface area contributed by atoms with E-state index in [4.69, 9.17) is 14.2 Å². The molecule has 7 nitrogen and oxygen atoms in total. The number of likely N-dealkylation sites (N-methyl/N-ethyl adjacent to an activating group) is 1. The Bertz CT molecular complexity index is 1020. The second kappa shape index (κ2) is 11.5. The van der Waals surface area contributed by atoms with Crippen molar-refractivity contribution in [1.29, 1.82) is 0 Å². The molecule has 1 fully saturated rings. The molecule has 1 saturated heterocycles. The number of nitrogens with zero attached hydrogens (tertiary/aromatic N) is 2. The average molecular weight is 481 g/mol. The number of methoxy groups -OCH3 is 1. The van der Waals surface area contributed by atoms with Gasteiger partial charge in [-0.15, -0.1) is 0 Å². The second-order valence-corrected chi connectivity index (χ2v) is 9.70. The van der Waals surface area contributed by atoms with Crippen LogP contribution < -0.4 is 14.2 Å². The number of para-hydroxylation sites is 1. The summed E-state index contributed by atoms with van der Waals surface area (Å²) in [4.78, 5) is 29.3. The maximum atomic E-state index is 12.8. The Morgan fingerprint density at radius 3 is 2.60 bits per heavy atom. The zero-order valence-electron chi connectivity index (χ0n) is 20.8. The molecule has 0 bridgehead atoms. The first-order chi connectivity index (χ1) is 17.0. The van der Waals surface area contributed by atoms with Crippen molar-refractivity contribution >= 4 is 11.8 Å². The van der Waals surface area contributed by atoms with Crippen LogP contribution in [0.2, 0.25) is 0 Å². The lowest BCUT2D eigenvalue weighted by Crippen LogP contribution is -2.49. The highest BCUT2D eigenvalue weighted by Crippen LogP contribution is 2.38. The van der Waals surface area contributed by atoms with Gasteiger partial charge < -0.3 is 24.0 Å². The molecule has 0 aromatic heterocycles. The van der Waals surface area contributed by atoms with Crippen molar-refractivity contribution in [2.24, 2.45) is 5.41 Å². The van der Waals surface area contributed by atoms with Gasteiger partial charge in [-0.25, -0.2) is 0 Å². The van der Waals surface area contributed by atoms with Crippen LogP contribution in [0.1, 0.15) is 37.7 Å². The average Bonchev–Trinajstić information content (AvgIpc) is 2.89. The Kier molecular flexibility index (Phi) is 8.16. The highest BCUT2D eigenvalue weighted by atomic mass is 16.5. The highest BCUT2D eigenvalue weighted by Gasteiger charge is 2.37. The minimum atomic E-state index is -0.00931. The summed E-state index contributed by atoms with van der Waals surface area (Å²) in [6.45, 7) is 2.12. The van der Waals surface area contributed by atoms with Crippen LogP contribution in [0.5, 0.6) is 17.2 Å². The van der Waals surface area contributed by atoms with Gasteiger partial charge in [0.15, 0.2) is 13.2 Å². The summed E-state index contributed by atoms with van der Waals surface area (Å²) in [6.07, 6.45) is 5.93. The van der Waals surface area contributed by atoms with Crippen LogP contribution in [-0.4, -0.2) is 68.6 Å². The predicted molar refractivity (Wildman–Crippen MR) is 134 cm³/mol. The number of fused-ring (bicyclic) bond motifs is 1. The van der Waals surface area contributed by atoms with E-state index in [1.54, 1.807) is 13.2 Å². The van der Waals surface area contributed by atoms with Crippen LogP contribution in [0.3, 0.4) is 0 Å². The molecule has 1 spiro atoms. The molecule has 2 aromatic rings. The summed E-state index contributed by atoms with van der Waals surface area (Å²) in [6, 6.07) is 15.3. The van der Waals surface area contributed by atoms with Crippen molar-refractivity contribution in [1.82, 2.24) is 9.80 Å². The van der Waals surface area contributed by atoms with E-state index in [0.717, 1.165) is 49.8 Å². The standard InChI is InChI=1S/C28H36N2O5/c1-29-21-28(13-6-5-9-22-8-3-4-12-25(22)35-19-26(29)31)14-16-30(17-15-28)27(32)20-34-24-11-7-10-23(18-24)33-2/h3-4,7-8,10-12,18H,5-6,9,13-17,19-21H2,1-2H3. The molecule has 0 atom stereocenters. The number of carbonyl (C=O) groups excluding carboxylic acids is 2. The SMILES string of the molecule is COc1cccc(OCC(=O)N2CCC3(CCCCc4ccccc4OCC(=O)N(C)C3)CC2)c1. The fraction of sp³-hybridized carbons (Fsp3) is 0.500. The number of hydrogen-bond acceptors (Lipinski definition) is 5. The third-order valence-corrected chi connectivity index (χ3v) is 7.31. The molecule has 2 aliphatic rings. The summed E-state index contributed by atoms with van der Waals surface area (Å²) in [5, 5.41) is 0. The van der Waals surface area contributed by atoms with Crippen molar-refractivity contribution < 1.29 is 23.8 Å². The summed E-state index contributed by atoms with van der Waals surface area (Å²) in [5.41, 5.74) is 1.18. The lowest BCUT2D eigenvalue weighted by Gasteiger charge is -2.44. The Hall–Kier alpha value is -3.22. The molecule has 188 valence electrons. The first kappa shape index (κ1) is 24.9. The van der Waals surface area contributed by atoms with Gasteiger partial charge in [0.05, 0.1) is 7.11 Å². The van der Waals surface area contributed by atoms with Crippen LogP contribution in [0.4, 0.5) is 0 Å². The van der Waals surface area contributed by atoms with Crippen LogP contribution in [0.15, 0.2) is 48.5 Å². The quantitative estimate of drug-likeness (QED) is 0.663. The molecule has 0 saturated carbocycles. The predicted octanol–water partition coefficient (Wildman–Crippen LogP) is 3.95. The van der Waals surface area contributed by atoms with Gasteiger partial charge in [-0.05, 0) is 61.3 Å². The van der Waals surface area contributed by atoms with E-state index in [9.17, 15) is 9.59 Å². The summed E-state index contributed by atoms with van der Waals surface area (Å²) < 4.78 is 16.8. The number of hydrogen-bond donors (Lipinski definition) is 0. The summed E-state index contributed by atoms with van der Waals surface area (Å²) in [7, 11) is 3.47. The molecule has 35 heavy (non-hydrogen) atoms. The van der Waals surface area contributed by atoms with E-state index in [-0.39, 0.29) is 30.4 Å². The number of benzene rings is 2. The summed E-state index contributed by atoms with van der Waals surface area (Å²) in [5.74, 6) is 2.11. The number of carbonyl (C=O) groups is 2. The fourth-order valence-corrected chi connectivity index (χ4v) is 5.15. The number of rotatable bonds is 4. The van der Waals surface area contributed by atoms with Crippen LogP contribution in [-0.2, 0) is 16.0 Å². The first-order valence-electron chi connectivity index (χ1n) is 12.5. The minimum Gasteiger partial charge on any atom is -0.497 e.